The van der Waals surface area contributed by atoms with E-state index in [4.69, 9.17) is 9.97 Å². The molecule has 0 fully saturated rings. The van der Waals surface area contributed by atoms with Crippen molar-refractivity contribution in [3.8, 4) is 33.4 Å². The van der Waals surface area contributed by atoms with Crippen LogP contribution in [0, 0.1) is 0 Å². The molecule has 3 aromatic heterocycles. The number of anilines is 1. The number of hydrogen-bond donors (Lipinski definition) is 4. The van der Waals surface area contributed by atoms with Crippen molar-refractivity contribution in [2.75, 3.05) is 11.1 Å². The molecule has 81 heavy (non-hydrogen) atoms. The minimum Gasteiger partial charge on any atom is -0.354 e. The summed E-state index contributed by atoms with van der Waals surface area (Å²) in [7, 11) is 0. The number of amides is 1. The van der Waals surface area contributed by atoms with E-state index in [2.05, 4.69) is 256 Å². The molecular formula is C74H97N5OS. The molecule has 6 aromatic rings. The smallest absolute Gasteiger partial charge is 0.224 e. The van der Waals surface area contributed by atoms with Gasteiger partial charge in [0, 0.05) is 39.7 Å². The summed E-state index contributed by atoms with van der Waals surface area (Å²) in [6.45, 7) is 41.4. The molecule has 8 rings (SSSR count). The van der Waals surface area contributed by atoms with Crippen molar-refractivity contribution < 1.29 is 4.79 Å². The summed E-state index contributed by atoms with van der Waals surface area (Å²) >= 11 is 4.38. The van der Waals surface area contributed by atoms with Gasteiger partial charge in [-0.1, -0.05) is 224 Å². The van der Waals surface area contributed by atoms with Crippen molar-refractivity contribution in [3.63, 3.8) is 0 Å². The Kier molecular flexibility index (Phi) is 17.9. The second-order valence-electron chi connectivity index (χ2n) is 29.6. The van der Waals surface area contributed by atoms with Gasteiger partial charge in [-0.05, 0) is 150 Å². The van der Waals surface area contributed by atoms with Crippen molar-refractivity contribution in [2.45, 2.75) is 221 Å². The van der Waals surface area contributed by atoms with Gasteiger partial charge in [0.15, 0.2) is 0 Å². The van der Waals surface area contributed by atoms with Gasteiger partial charge in [-0.25, -0.2) is 9.97 Å². The van der Waals surface area contributed by atoms with E-state index in [1.807, 2.05) is 0 Å². The Balaban J connectivity index is 1.47. The Morgan fingerprint density at radius 3 is 0.975 bits per heavy atom. The normalized spacial score (nSPS) is 13.4. The molecule has 3 N–H and O–H groups in total. The lowest BCUT2D eigenvalue weighted by atomic mass is 9.78. The van der Waals surface area contributed by atoms with Gasteiger partial charge >= 0.3 is 0 Å². The SMILES string of the molecule is CC(C)(C)c1cc(-c2c3nc(c(-c4cc(C(C)(C)C)cc(C(C)(C)C)c4)c4ccc([nH]4)c(-c4cc(C(C)(C)C)cc(C(C)(C)C)c4)c4nc(c(NC(=O)CCCCCCCCCCCS)c5ccc2[nH]5)C=C4)C=C3)cc(C(C)(C)C)c1. The standard InChI is InChI=1S/C74H97N5OS/c1-69(2,3)50-38-47(39-51(44-50)70(4,5)6)65-56-29-31-58(75-56)66(48-40-52(71(7,8)9)45-53(41-48)72(10,11)12)60-33-35-62(77-60)68(79-64(80)28-26-24-22-20-19-21-23-25-27-37-81)63-36-34-61(78-63)67(59-32-30-57(65)76-59)49-42-54(73(13,14)15)46-55(43-49)74(16,17)18/h29-36,38-46,75,78,81H,19-28,37H2,1-18H3,(H,79,80). The van der Waals surface area contributed by atoms with Crippen LogP contribution in [-0.4, -0.2) is 31.6 Å². The molecule has 2 aliphatic rings. The zero-order valence-corrected chi connectivity index (χ0v) is 53.7. The first-order valence-electron chi connectivity index (χ1n) is 30.4. The maximum absolute atomic E-state index is 14.4. The summed E-state index contributed by atoms with van der Waals surface area (Å²) in [6.07, 6.45) is 19.6. The van der Waals surface area contributed by atoms with Gasteiger partial charge in [0.1, 0.15) is 0 Å². The molecule has 5 heterocycles. The van der Waals surface area contributed by atoms with Crippen LogP contribution in [-0.2, 0) is 37.3 Å². The van der Waals surface area contributed by atoms with E-state index in [0.29, 0.717) is 17.8 Å². The predicted molar refractivity (Wildman–Crippen MR) is 356 cm³/mol. The topological polar surface area (TPSA) is 86.5 Å². The lowest BCUT2D eigenvalue weighted by molar-refractivity contribution is -0.116. The molecule has 7 heteroatoms. The number of unbranched alkanes of at least 4 members (excludes halogenated alkanes) is 8. The van der Waals surface area contributed by atoms with Gasteiger partial charge in [0.05, 0.1) is 34.0 Å². The lowest BCUT2D eigenvalue weighted by Gasteiger charge is -2.26. The van der Waals surface area contributed by atoms with Gasteiger partial charge < -0.3 is 15.3 Å². The number of aromatic amines is 2. The van der Waals surface area contributed by atoms with Crippen LogP contribution in [0.2, 0.25) is 0 Å². The van der Waals surface area contributed by atoms with Crippen molar-refractivity contribution in [1.82, 2.24) is 19.9 Å². The van der Waals surface area contributed by atoms with Crippen LogP contribution < -0.4 is 5.32 Å². The third kappa shape index (κ3) is 14.7. The molecule has 6 nitrogen and oxygen atoms in total. The third-order valence-corrected chi connectivity index (χ3v) is 16.8. The third-order valence-electron chi connectivity index (χ3n) is 16.4. The zero-order valence-electron chi connectivity index (χ0n) is 52.8. The molecule has 1 amide bonds. The summed E-state index contributed by atoms with van der Waals surface area (Å²) in [4.78, 5) is 33.8. The fraction of sp³-hybridized carbons (Fsp3) is 0.473. The van der Waals surface area contributed by atoms with Crippen LogP contribution in [0.25, 0.3) is 79.8 Å². The molecule has 0 radical (unpaired) electrons. The number of carbonyl (C=O) groups excluding carboxylic acids is 1. The largest absolute Gasteiger partial charge is 0.354 e. The number of hydrogen-bond acceptors (Lipinski definition) is 4. The highest BCUT2D eigenvalue weighted by atomic mass is 32.1. The maximum Gasteiger partial charge on any atom is 0.224 e. The molecule has 3 aromatic carbocycles. The Bertz CT molecular complexity index is 3350. The number of thiol groups is 1. The number of fused-ring (bicyclic) bond motifs is 8. The van der Waals surface area contributed by atoms with Crippen molar-refractivity contribution >= 4 is 70.6 Å². The zero-order chi connectivity index (χ0) is 59.0. The maximum atomic E-state index is 14.4. The van der Waals surface area contributed by atoms with E-state index in [0.717, 1.165) is 97.5 Å². The summed E-state index contributed by atoms with van der Waals surface area (Å²) in [5.74, 6) is 0.961. The first-order valence-corrected chi connectivity index (χ1v) is 31.0. The van der Waals surface area contributed by atoms with Crippen LogP contribution in [0.4, 0.5) is 5.69 Å². The molecule has 0 spiro atoms. The second kappa shape index (κ2) is 23.7. The number of H-pyrrole nitrogens is 2. The highest BCUT2D eigenvalue weighted by Crippen LogP contribution is 2.43. The van der Waals surface area contributed by atoms with Crippen LogP contribution >= 0.6 is 12.6 Å². The first kappa shape index (κ1) is 61.2. The Morgan fingerprint density at radius 2 is 0.654 bits per heavy atom. The van der Waals surface area contributed by atoms with Crippen molar-refractivity contribution in [2.24, 2.45) is 0 Å². The minimum absolute atomic E-state index is 0.00905. The quantitative estimate of drug-likeness (QED) is 0.0609. The van der Waals surface area contributed by atoms with E-state index in [1.54, 1.807) is 0 Å². The minimum atomic E-state index is -0.119. The molecular weight excluding hydrogens is 1010 g/mol. The van der Waals surface area contributed by atoms with E-state index in [1.165, 1.54) is 71.9 Å². The van der Waals surface area contributed by atoms with Crippen molar-refractivity contribution in [1.29, 1.82) is 0 Å². The average molecular weight is 1100 g/mol. The molecule has 0 saturated heterocycles. The van der Waals surface area contributed by atoms with Gasteiger partial charge in [-0.15, -0.1) is 0 Å². The molecule has 430 valence electrons. The van der Waals surface area contributed by atoms with Gasteiger partial charge in [0.25, 0.3) is 0 Å². The molecule has 0 atom stereocenters. The highest BCUT2D eigenvalue weighted by molar-refractivity contribution is 7.80. The Hall–Kier alpha value is -5.92. The Labute approximate surface area is 493 Å². The van der Waals surface area contributed by atoms with E-state index < -0.39 is 0 Å². The number of benzene rings is 3. The summed E-state index contributed by atoms with van der Waals surface area (Å²) in [5, 5.41) is 3.45. The number of nitrogens with zero attached hydrogens (tertiary/aromatic N) is 2. The van der Waals surface area contributed by atoms with Crippen LogP contribution in [0.5, 0.6) is 0 Å². The van der Waals surface area contributed by atoms with Crippen LogP contribution in [0.1, 0.15) is 245 Å². The molecule has 2 aliphatic heterocycles. The molecule has 8 bridgehead atoms. The van der Waals surface area contributed by atoms with Crippen molar-refractivity contribution in [3.05, 3.63) is 135 Å². The predicted octanol–water partition coefficient (Wildman–Crippen LogP) is 21.2. The van der Waals surface area contributed by atoms with Gasteiger partial charge in [-0.3, -0.25) is 4.79 Å². The fourth-order valence-corrected chi connectivity index (χ4v) is 11.2. The molecule has 0 saturated carbocycles. The number of nitrogens with one attached hydrogen (secondary N) is 3. The first-order chi connectivity index (χ1) is 37.8. The number of carbonyl (C=O) groups is 1. The summed E-state index contributed by atoms with van der Waals surface area (Å²) in [6, 6.07) is 30.1. The van der Waals surface area contributed by atoms with E-state index >= 15 is 0 Å². The van der Waals surface area contributed by atoms with E-state index in [-0.39, 0.29) is 38.4 Å². The second-order valence-corrected chi connectivity index (χ2v) is 30.1. The highest BCUT2D eigenvalue weighted by Gasteiger charge is 2.28. The summed E-state index contributed by atoms with van der Waals surface area (Å²) in [5.41, 5.74) is 20.7. The average Bonchev–Trinajstić information content (AvgIpc) is 4.44. The molecule has 0 aliphatic carbocycles. The Morgan fingerprint density at radius 1 is 0.383 bits per heavy atom. The number of aromatic nitrogens is 4. The van der Waals surface area contributed by atoms with Gasteiger partial charge in [0.2, 0.25) is 5.91 Å². The monoisotopic (exact) mass is 1100 g/mol. The fourth-order valence-electron chi connectivity index (χ4n) is 11.0. The lowest BCUT2D eigenvalue weighted by Crippen LogP contribution is -2.16. The van der Waals surface area contributed by atoms with Crippen LogP contribution in [0.15, 0.2) is 78.9 Å². The number of rotatable bonds is 15. The van der Waals surface area contributed by atoms with E-state index in [9.17, 15) is 4.79 Å². The van der Waals surface area contributed by atoms with Crippen LogP contribution in [0.3, 0.4) is 0 Å². The van der Waals surface area contributed by atoms with Gasteiger partial charge in [-0.2, -0.15) is 12.6 Å². The summed E-state index contributed by atoms with van der Waals surface area (Å²) < 4.78 is 0. The molecule has 0 unspecified atom stereocenters.